The third kappa shape index (κ3) is 6.48. The molecule has 1 saturated heterocycles. The molecule has 0 N–H and O–H groups in total. The van der Waals surface area contributed by atoms with Crippen molar-refractivity contribution in [2.24, 2.45) is 11.8 Å². The third-order valence-corrected chi connectivity index (χ3v) is 10.2. The topological polar surface area (TPSA) is 88.6 Å². The largest absolute Gasteiger partial charge is 0.454 e. The van der Waals surface area contributed by atoms with Crippen LogP contribution in [0, 0.1) is 23.5 Å². The standard InChI is InChI=1S/C38H41F2N3O6/c1-3-23(2)34-38(46)43-30-19-33-32(48-22-49-33)18-29(30)35(42(37(45)25-8-9-25)20-24-6-12-27(39)13-7-24)31(43)21-47-17-5-4-16-41(34)36(44)26-10-14-28(40)15-11-26/h6-7,10-15,18-19,23,25,31,34-35H,3-5,8-9,16-17,20-22H2,1-2H3/t23-,31+,34-,35-/m0/s1. The smallest absolute Gasteiger partial charge is 0.254 e. The Morgan fingerprint density at radius 2 is 1.63 bits per heavy atom. The van der Waals surface area contributed by atoms with E-state index in [9.17, 15) is 18.4 Å². The van der Waals surface area contributed by atoms with Gasteiger partial charge in [0.15, 0.2) is 11.5 Å². The van der Waals surface area contributed by atoms with Gasteiger partial charge in [-0.15, -0.1) is 0 Å². The molecule has 258 valence electrons. The molecule has 2 fully saturated rings. The van der Waals surface area contributed by atoms with Crippen LogP contribution >= 0.6 is 0 Å². The first-order valence-corrected chi connectivity index (χ1v) is 17.2. The molecule has 0 radical (unpaired) electrons. The molecule has 1 saturated carbocycles. The number of benzene rings is 3. The van der Waals surface area contributed by atoms with E-state index in [4.69, 9.17) is 14.2 Å². The molecule has 0 bridgehead atoms. The highest BCUT2D eigenvalue weighted by atomic mass is 19.1. The Balaban J connectivity index is 1.36. The monoisotopic (exact) mass is 673 g/mol. The summed E-state index contributed by atoms with van der Waals surface area (Å²) in [6.45, 7) is 5.04. The molecule has 3 heterocycles. The second kappa shape index (κ2) is 13.8. The summed E-state index contributed by atoms with van der Waals surface area (Å²) in [5, 5.41) is 0. The first-order chi connectivity index (χ1) is 23.7. The lowest BCUT2D eigenvalue weighted by Crippen LogP contribution is -2.57. The Labute approximate surface area is 284 Å². The summed E-state index contributed by atoms with van der Waals surface area (Å²) < 4.78 is 45.7. The molecule has 7 rings (SSSR count). The SMILES string of the molecule is CC[C@H](C)[C@H]1C(=O)N2c3cc4c(cc3[C@H](N(Cc3ccc(F)cc3)C(=O)C3CC3)[C@H]2COCCCCN1C(=O)c1ccc(F)cc1)OCO4. The minimum Gasteiger partial charge on any atom is -0.454 e. The average Bonchev–Trinajstić information content (AvgIpc) is 3.78. The van der Waals surface area contributed by atoms with Gasteiger partial charge in [0.25, 0.3) is 11.8 Å². The van der Waals surface area contributed by atoms with Crippen molar-refractivity contribution in [1.29, 1.82) is 0 Å². The van der Waals surface area contributed by atoms with Crippen molar-refractivity contribution in [3.63, 3.8) is 0 Å². The van der Waals surface area contributed by atoms with Gasteiger partial charge in [-0.05, 0) is 79.6 Å². The van der Waals surface area contributed by atoms with E-state index in [2.05, 4.69) is 0 Å². The van der Waals surface area contributed by atoms with Gasteiger partial charge in [0, 0.05) is 42.8 Å². The maximum Gasteiger partial charge on any atom is 0.254 e. The first-order valence-electron chi connectivity index (χ1n) is 17.2. The summed E-state index contributed by atoms with van der Waals surface area (Å²) in [5.74, 6) is -0.858. The lowest BCUT2D eigenvalue weighted by molar-refractivity contribution is -0.137. The van der Waals surface area contributed by atoms with Gasteiger partial charge in [0.1, 0.15) is 17.7 Å². The Bertz CT molecular complexity index is 1710. The summed E-state index contributed by atoms with van der Waals surface area (Å²) in [7, 11) is 0. The molecule has 0 unspecified atom stereocenters. The maximum atomic E-state index is 15.3. The van der Waals surface area contributed by atoms with E-state index in [0.717, 1.165) is 24.0 Å². The minimum absolute atomic E-state index is 0.0269. The fourth-order valence-corrected chi connectivity index (χ4v) is 7.27. The minimum atomic E-state index is -0.857. The second-order valence-corrected chi connectivity index (χ2v) is 13.5. The second-order valence-electron chi connectivity index (χ2n) is 13.5. The number of hydrogen-bond donors (Lipinski definition) is 0. The zero-order valence-corrected chi connectivity index (χ0v) is 27.8. The number of amides is 3. The van der Waals surface area contributed by atoms with Crippen LogP contribution in [0.4, 0.5) is 14.5 Å². The number of halogens is 2. The van der Waals surface area contributed by atoms with Gasteiger partial charge >= 0.3 is 0 Å². The molecule has 3 aromatic rings. The Morgan fingerprint density at radius 3 is 2.31 bits per heavy atom. The molecule has 3 aromatic carbocycles. The highest BCUT2D eigenvalue weighted by Gasteiger charge is 2.51. The molecule has 3 aliphatic heterocycles. The van der Waals surface area contributed by atoms with Crippen LogP contribution in [-0.2, 0) is 20.9 Å². The van der Waals surface area contributed by atoms with Crippen molar-refractivity contribution in [2.75, 3.05) is 31.5 Å². The van der Waals surface area contributed by atoms with Gasteiger partial charge in [0.2, 0.25) is 12.7 Å². The van der Waals surface area contributed by atoms with Crippen molar-refractivity contribution in [3.05, 3.63) is 89.0 Å². The summed E-state index contributed by atoms with van der Waals surface area (Å²) in [6.07, 6.45) is 3.43. The lowest BCUT2D eigenvalue weighted by Gasteiger charge is -2.40. The molecule has 9 nitrogen and oxygen atoms in total. The van der Waals surface area contributed by atoms with E-state index >= 15 is 4.79 Å². The molecule has 1 aliphatic carbocycles. The highest BCUT2D eigenvalue weighted by Crippen LogP contribution is 2.51. The quantitative estimate of drug-likeness (QED) is 0.295. The van der Waals surface area contributed by atoms with Crippen LogP contribution in [0.25, 0.3) is 0 Å². The van der Waals surface area contributed by atoms with Crippen LogP contribution in [-0.4, -0.2) is 66.2 Å². The van der Waals surface area contributed by atoms with Crippen LogP contribution in [0.3, 0.4) is 0 Å². The molecule has 0 spiro atoms. The summed E-state index contributed by atoms with van der Waals surface area (Å²) in [4.78, 5) is 48.9. The van der Waals surface area contributed by atoms with E-state index in [-0.39, 0.29) is 55.3 Å². The van der Waals surface area contributed by atoms with E-state index < -0.39 is 23.9 Å². The summed E-state index contributed by atoms with van der Waals surface area (Å²) in [5.41, 5.74) is 2.35. The fraction of sp³-hybridized carbons (Fsp3) is 0.447. The van der Waals surface area contributed by atoms with Crippen LogP contribution in [0.15, 0.2) is 60.7 Å². The predicted molar refractivity (Wildman–Crippen MR) is 177 cm³/mol. The number of carbonyl (C=O) groups excluding carboxylic acids is 3. The molecular formula is C38H41F2N3O6. The molecule has 0 aromatic heterocycles. The van der Waals surface area contributed by atoms with Gasteiger partial charge in [0.05, 0.1) is 24.4 Å². The van der Waals surface area contributed by atoms with Crippen molar-refractivity contribution < 1.29 is 37.4 Å². The fourth-order valence-electron chi connectivity index (χ4n) is 7.27. The van der Waals surface area contributed by atoms with Crippen molar-refractivity contribution in [2.45, 2.75) is 70.6 Å². The number of nitrogens with zero attached hydrogens (tertiary/aromatic N) is 3. The normalized spacial score (nSPS) is 22.6. The van der Waals surface area contributed by atoms with E-state index in [0.29, 0.717) is 55.2 Å². The van der Waals surface area contributed by atoms with E-state index in [1.807, 2.05) is 24.8 Å². The zero-order chi connectivity index (χ0) is 34.2. The Morgan fingerprint density at radius 1 is 0.959 bits per heavy atom. The van der Waals surface area contributed by atoms with Crippen LogP contribution in [0.5, 0.6) is 11.5 Å². The van der Waals surface area contributed by atoms with E-state index in [1.54, 1.807) is 28.0 Å². The number of fused-ring (bicyclic) bond motifs is 4. The molecule has 4 aliphatic rings. The maximum absolute atomic E-state index is 15.3. The number of carbonyl (C=O) groups is 3. The average molecular weight is 674 g/mol. The van der Waals surface area contributed by atoms with Crippen LogP contribution in [0.1, 0.15) is 73.5 Å². The zero-order valence-electron chi connectivity index (χ0n) is 27.8. The molecule has 49 heavy (non-hydrogen) atoms. The van der Waals surface area contributed by atoms with Gasteiger partial charge in [-0.25, -0.2) is 8.78 Å². The number of rotatable bonds is 7. The molecule has 11 heteroatoms. The van der Waals surface area contributed by atoms with E-state index in [1.165, 1.54) is 36.4 Å². The first kappa shape index (κ1) is 33.0. The summed E-state index contributed by atoms with van der Waals surface area (Å²) in [6, 6.07) is 13.0. The predicted octanol–water partition coefficient (Wildman–Crippen LogP) is 6.26. The third-order valence-electron chi connectivity index (χ3n) is 10.2. The van der Waals surface area contributed by atoms with Crippen molar-refractivity contribution in [1.82, 2.24) is 9.80 Å². The number of anilines is 1. The summed E-state index contributed by atoms with van der Waals surface area (Å²) >= 11 is 0. The van der Waals surface area contributed by atoms with Crippen molar-refractivity contribution >= 4 is 23.4 Å². The Hall–Kier alpha value is -4.51. The van der Waals surface area contributed by atoms with Gasteiger partial charge in [-0.3, -0.25) is 14.4 Å². The van der Waals surface area contributed by atoms with Gasteiger partial charge in [-0.1, -0.05) is 32.4 Å². The highest BCUT2D eigenvalue weighted by molar-refractivity contribution is 6.04. The number of hydrogen-bond acceptors (Lipinski definition) is 6. The molecule has 4 atom stereocenters. The molecule has 3 amide bonds. The Kier molecular flexibility index (Phi) is 9.28. The van der Waals surface area contributed by atoms with Crippen molar-refractivity contribution in [3.8, 4) is 11.5 Å². The lowest BCUT2D eigenvalue weighted by atomic mass is 9.94. The van der Waals surface area contributed by atoms with Crippen LogP contribution in [0.2, 0.25) is 0 Å². The van der Waals surface area contributed by atoms with Gasteiger partial charge < -0.3 is 28.9 Å². The number of ether oxygens (including phenoxy) is 3. The molecular weight excluding hydrogens is 632 g/mol. The van der Waals surface area contributed by atoms with Gasteiger partial charge in [-0.2, -0.15) is 0 Å². The van der Waals surface area contributed by atoms with Crippen LogP contribution < -0.4 is 14.4 Å².